The third kappa shape index (κ3) is 3.57. The Morgan fingerprint density at radius 1 is 1.14 bits per heavy atom. The number of halogens is 1. The first-order valence-electron chi connectivity index (χ1n) is 6.90. The van der Waals surface area contributed by atoms with Crippen molar-refractivity contribution in [2.24, 2.45) is 0 Å². The summed E-state index contributed by atoms with van der Waals surface area (Å²) in [7, 11) is 0. The van der Waals surface area contributed by atoms with E-state index in [9.17, 15) is 0 Å². The van der Waals surface area contributed by atoms with Crippen LogP contribution in [-0.4, -0.2) is 38.2 Å². The molecule has 9 heteroatoms. The van der Waals surface area contributed by atoms with E-state index in [2.05, 4.69) is 35.3 Å². The molecule has 2 aromatic rings. The van der Waals surface area contributed by atoms with Crippen LogP contribution < -0.4 is 10.2 Å². The van der Waals surface area contributed by atoms with Gasteiger partial charge >= 0.3 is 0 Å². The highest BCUT2D eigenvalue weighted by atomic mass is 35.5. The Kier molecular flexibility index (Phi) is 4.14. The van der Waals surface area contributed by atoms with Crippen molar-refractivity contribution in [2.75, 3.05) is 23.3 Å². The number of piperidine rings is 1. The standard InChI is InChI=1S/C12H16ClN7O/c1-8-15-9(21-19-8)7-14-11-16-10(13)17-12(18-11)20-5-3-2-4-6-20/h2-7H2,1H3,(H,14,16,17,18). The molecular weight excluding hydrogens is 294 g/mol. The van der Waals surface area contributed by atoms with Crippen molar-refractivity contribution in [2.45, 2.75) is 32.7 Å². The molecule has 0 amide bonds. The maximum atomic E-state index is 5.97. The van der Waals surface area contributed by atoms with Crippen LogP contribution >= 0.6 is 11.6 Å². The Balaban J connectivity index is 1.71. The molecule has 0 saturated carbocycles. The number of aromatic nitrogens is 5. The first-order valence-corrected chi connectivity index (χ1v) is 7.28. The third-order valence-corrected chi connectivity index (χ3v) is 3.37. The van der Waals surface area contributed by atoms with Gasteiger partial charge in [0.25, 0.3) is 0 Å². The van der Waals surface area contributed by atoms with Crippen molar-refractivity contribution in [3.05, 3.63) is 17.0 Å². The van der Waals surface area contributed by atoms with Crippen LogP contribution in [0.25, 0.3) is 0 Å². The van der Waals surface area contributed by atoms with E-state index in [-0.39, 0.29) is 5.28 Å². The van der Waals surface area contributed by atoms with Crippen molar-refractivity contribution < 1.29 is 4.52 Å². The Morgan fingerprint density at radius 3 is 2.67 bits per heavy atom. The van der Waals surface area contributed by atoms with Gasteiger partial charge in [0.2, 0.25) is 23.1 Å². The van der Waals surface area contributed by atoms with E-state index in [0.29, 0.717) is 30.2 Å². The lowest BCUT2D eigenvalue weighted by Gasteiger charge is -2.26. The molecule has 0 unspecified atom stereocenters. The average molecular weight is 310 g/mol. The molecule has 3 heterocycles. The predicted octanol–water partition coefficient (Wildman–Crippen LogP) is 1.82. The van der Waals surface area contributed by atoms with E-state index in [1.165, 1.54) is 6.42 Å². The van der Waals surface area contributed by atoms with Gasteiger partial charge in [-0.3, -0.25) is 0 Å². The van der Waals surface area contributed by atoms with Crippen LogP contribution in [0.3, 0.4) is 0 Å². The molecule has 3 rings (SSSR count). The summed E-state index contributed by atoms with van der Waals surface area (Å²) in [6.45, 7) is 4.01. The minimum Gasteiger partial charge on any atom is -0.345 e. The number of hydrogen-bond acceptors (Lipinski definition) is 8. The van der Waals surface area contributed by atoms with Gasteiger partial charge in [-0.15, -0.1) is 0 Å². The molecule has 1 aliphatic heterocycles. The van der Waals surface area contributed by atoms with E-state index in [1.807, 2.05) is 0 Å². The normalized spacial score (nSPS) is 15.2. The molecule has 0 aliphatic carbocycles. The van der Waals surface area contributed by atoms with Gasteiger partial charge in [-0.1, -0.05) is 5.16 Å². The minimum atomic E-state index is 0.176. The fourth-order valence-corrected chi connectivity index (χ4v) is 2.38. The summed E-state index contributed by atoms with van der Waals surface area (Å²) in [6, 6.07) is 0. The smallest absolute Gasteiger partial charge is 0.246 e. The summed E-state index contributed by atoms with van der Waals surface area (Å²) in [4.78, 5) is 18.9. The van der Waals surface area contributed by atoms with Crippen LogP contribution in [0.5, 0.6) is 0 Å². The molecule has 8 nitrogen and oxygen atoms in total. The Bertz CT molecular complexity index is 611. The van der Waals surface area contributed by atoms with E-state index >= 15 is 0 Å². The van der Waals surface area contributed by atoms with Crippen molar-refractivity contribution in [1.29, 1.82) is 0 Å². The van der Waals surface area contributed by atoms with Crippen molar-refractivity contribution in [1.82, 2.24) is 25.1 Å². The Morgan fingerprint density at radius 2 is 1.95 bits per heavy atom. The molecule has 1 fully saturated rings. The van der Waals surface area contributed by atoms with Gasteiger partial charge in [-0.05, 0) is 37.8 Å². The summed E-state index contributed by atoms with van der Waals surface area (Å²) in [5, 5.41) is 6.92. The quantitative estimate of drug-likeness (QED) is 0.914. The fourth-order valence-electron chi connectivity index (χ4n) is 2.22. The molecular formula is C12H16ClN7O. The number of rotatable bonds is 4. The summed E-state index contributed by atoms with van der Waals surface area (Å²) >= 11 is 5.97. The maximum absolute atomic E-state index is 5.97. The number of aryl methyl sites for hydroxylation is 1. The molecule has 2 aromatic heterocycles. The second-order valence-corrected chi connectivity index (χ2v) is 5.20. The van der Waals surface area contributed by atoms with Gasteiger partial charge in [-0.25, -0.2) is 0 Å². The van der Waals surface area contributed by atoms with Crippen LogP contribution in [0.15, 0.2) is 4.52 Å². The minimum absolute atomic E-state index is 0.176. The zero-order valence-electron chi connectivity index (χ0n) is 11.7. The Hall–Kier alpha value is -1.96. The average Bonchev–Trinajstić information content (AvgIpc) is 2.91. The first-order chi connectivity index (χ1) is 10.2. The summed E-state index contributed by atoms with van der Waals surface area (Å²) in [5.41, 5.74) is 0. The first kappa shape index (κ1) is 14.0. The van der Waals surface area contributed by atoms with Gasteiger partial charge in [0, 0.05) is 13.1 Å². The van der Waals surface area contributed by atoms with E-state index in [1.54, 1.807) is 6.92 Å². The monoisotopic (exact) mass is 309 g/mol. The lowest BCUT2D eigenvalue weighted by molar-refractivity contribution is 0.379. The number of nitrogens with one attached hydrogen (secondary N) is 1. The molecule has 21 heavy (non-hydrogen) atoms. The van der Waals surface area contributed by atoms with E-state index in [4.69, 9.17) is 16.1 Å². The van der Waals surface area contributed by atoms with Crippen molar-refractivity contribution in [3.63, 3.8) is 0 Å². The lowest BCUT2D eigenvalue weighted by Crippen LogP contribution is -2.31. The highest BCUT2D eigenvalue weighted by molar-refractivity contribution is 6.28. The van der Waals surface area contributed by atoms with Gasteiger partial charge in [0.15, 0.2) is 5.82 Å². The summed E-state index contributed by atoms with van der Waals surface area (Å²) in [5.74, 6) is 2.09. The van der Waals surface area contributed by atoms with Gasteiger partial charge in [0.05, 0.1) is 6.54 Å². The topological polar surface area (TPSA) is 92.9 Å². The zero-order valence-corrected chi connectivity index (χ0v) is 12.5. The molecule has 0 aromatic carbocycles. The number of hydrogen-bond donors (Lipinski definition) is 1. The van der Waals surface area contributed by atoms with Crippen LogP contribution in [0.2, 0.25) is 5.28 Å². The lowest BCUT2D eigenvalue weighted by atomic mass is 10.1. The largest absolute Gasteiger partial charge is 0.345 e. The summed E-state index contributed by atoms with van der Waals surface area (Å²) < 4.78 is 5.02. The highest BCUT2D eigenvalue weighted by Crippen LogP contribution is 2.18. The Labute approximate surface area is 126 Å². The van der Waals surface area contributed by atoms with Crippen LogP contribution in [0, 0.1) is 6.92 Å². The molecule has 0 radical (unpaired) electrons. The second-order valence-electron chi connectivity index (χ2n) is 4.86. The fraction of sp³-hybridized carbons (Fsp3) is 0.583. The van der Waals surface area contributed by atoms with Gasteiger partial charge in [-0.2, -0.15) is 19.9 Å². The third-order valence-electron chi connectivity index (χ3n) is 3.20. The number of anilines is 2. The van der Waals surface area contributed by atoms with Gasteiger partial charge < -0.3 is 14.7 Å². The zero-order chi connectivity index (χ0) is 14.7. The van der Waals surface area contributed by atoms with Crippen LogP contribution in [0.4, 0.5) is 11.9 Å². The maximum Gasteiger partial charge on any atom is 0.246 e. The number of nitrogens with zero attached hydrogens (tertiary/aromatic N) is 6. The summed E-state index contributed by atoms with van der Waals surface area (Å²) in [6.07, 6.45) is 3.54. The highest BCUT2D eigenvalue weighted by Gasteiger charge is 2.16. The van der Waals surface area contributed by atoms with E-state index < -0.39 is 0 Å². The van der Waals surface area contributed by atoms with Crippen LogP contribution in [-0.2, 0) is 6.54 Å². The molecule has 0 spiro atoms. The molecule has 112 valence electrons. The molecule has 1 saturated heterocycles. The molecule has 1 N–H and O–H groups in total. The predicted molar refractivity (Wildman–Crippen MR) is 77.3 cm³/mol. The molecule has 1 aliphatic rings. The van der Waals surface area contributed by atoms with Crippen molar-refractivity contribution >= 4 is 23.5 Å². The van der Waals surface area contributed by atoms with E-state index in [0.717, 1.165) is 25.9 Å². The SMILES string of the molecule is Cc1noc(CNc2nc(Cl)nc(N3CCCCC3)n2)n1. The second kappa shape index (κ2) is 6.21. The molecule has 0 atom stereocenters. The molecule has 0 bridgehead atoms. The van der Waals surface area contributed by atoms with Crippen LogP contribution in [0.1, 0.15) is 31.0 Å². The van der Waals surface area contributed by atoms with Gasteiger partial charge in [0.1, 0.15) is 0 Å². The van der Waals surface area contributed by atoms with Crippen molar-refractivity contribution in [3.8, 4) is 0 Å².